The highest BCUT2D eigenvalue weighted by atomic mass is 79.9. The second-order valence-electron chi connectivity index (χ2n) is 8.04. The van der Waals surface area contributed by atoms with Crippen molar-refractivity contribution in [3.63, 3.8) is 0 Å². The normalized spacial score (nSPS) is 13.9. The number of nitrogens with one attached hydrogen (secondary N) is 2. The molecule has 0 aliphatic rings. The van der Waals surface area contributed by atoms with Crippen LogP contribution in [0.1, 0.15) is 26.3 Å². The van der Waals surface area contributed by atoms with Crippen molar-refractivity contribution in [1.82, 2.24) is 0 Å². The molecule has 16 heteroatoms. The number of carbonyl (C=O) groups is 2. The summed E-state index contributed by atoms with van der Waals surface area (Å²) in [6.45, 7) is 0. The molecular formula is C24H12Br2F10N2O2. The zero-order valence-corrected chi connectivity index (χ0v) is 22.3. The van der Waals surface area contributed by atoms with E-state index in [1.807, 2.05) is 0 Å². The minimum absolute atomic E-state index is 0.0309. The molecule has 0 spiro atoms. The predicted molar refractivity (Wildman–Crippen MR) is 130 cm³/mol. The van der Waals surface area contributed by atoms with Gasteiger partial charge in [-0.1, -0.05) is 12.1 Å². The highest BCUT2D eigenvalue weighted by molar-refractivity contribution is 9.11. The van der Waals surface area contributed by atoms with E-state index >= 15 is 0 Å². The Labute approximate surface area is 235 Å². The number of amides is 2. The number of anilines is 2. The fourth-order valence-corrected chi connectivity index (χ4v) is 4.75. The van der Waals surface area contributed by atoms with Crippen LogP contribution in [-0.4, -0.2) is 30.1 Å². The van der Waals surface area contributed by atoms with Gasteiger partial charge in [0, 0.05) is 31.3 Å². The van der Waals surface area contributed by atoms with Gasteiger partial charge in [0.25, 0.3) is 11.8 Å². The maximum absolute atomic E-state index is 14.8. The second kappa shape index (κ2) is 11.0. The summed E-state index contributed by atoms with van der Waals surface area (Å²) in [5, 5.41) is 4.61. The predicted octanol–water partition coefficient (Wildman–Crippen LogP) is 8.78. The minimum atomic E-state index is -6.90. The topological polar surface area (TPSA) is 58.2 Å². The van der Waals surface area contributed by atoms with Gasteiger partial charge in [-0.15, -0.1) is 0 Å². The van der Waals surface area contributed by atoms with Crippen molar-refractivity contribution < 1.29 is 53.5 Å². The van der Waals surface area contributed by atoms with Crippen LogP contribution in [0, 0.1) is 5.82 Å². The number of hydrogen-bond acceptors (Lipinski definition) is 2. The monoisotopic (exact) mass is 708 g/mol. The Bertz CT molecular complexity index is 1440. The molecule has 2 N–H and O–H groups in total. The molecule has 2 amide bonds. The van der Waals surface area contributed by atoms with Crippen LogP contribution in [0.3, 0.4) is 0 Å². The Morgan fingerprint density at radius 2 is 1.15 bits per heavy atom. The molecule has 0 fully saturated rings. The SMILES string of the molecule is O=C(Nc1cccc(C(=O)Nc2c(Br)cc(C(F)(C(F)(F)F)C(F)(F)C(F)(F)F)cc2Br)c1)c1cccc(F)c1. The fraction of sp³-hybridized carbons (Fsp3) is 0.167. The van der Waals surface area contributed by atoms with Crippen molar-refractivity contribution in [3.8, 4) is 0 Å². The average Bonchev–Trinajstić information content (AvgIpc) is 2.84. The molecule has 214 valence electrons. The van der Waals surface area contributed by atoms with Crippen molar-refractivity contribution in [1.29, 1.82) is 0 Å². The maximum Gasteiger partial charge on any atom is 0.457 e. The molecule has 3 rings (SSSR count). The molecule has 0 saturated carbocycles. The summed E-state index contributed by atoms with van der Waals surface area (Å²) in [5.74, 6) is -9.25. The van der Waals surface area contributed by atoms with Crippen molar-refractivity contribution in [3.05, 3.63) is 92.1 Å². The van der Waals surface area contributed by atoms with Crippen molar-refractivity contribution in [2.24, 2.45) is 0 Å². The van der Waals surface area contributed by atoms with Gasteiger partial charge in [-0.2, -0.15) is 35.1 Å². The molecule has 3 aromatic carbocycles. The van der Waals surface area contributed by atoms with Crippen LogP contribution in [0.15, 0.2) is 69.6 Å². The van der Waals surface area contributed by atoms with Gasteiger partial charge in [0.05, 0.1) is 5.69 Å². The molecule has 4 nitrogen and oxygen atoms in total. The highest BCUT2D eigenvalue weighted by Crippen LogP contribution is 2.59. The van der Waals surface area contributed by atoms with Gasteiger partial charge in [0.1, 0.15) is 5.82 Å². The third-order valence-corrected chi connectivity index (χ3v) is 6.58. The van der Waals surface area contributed by atoms with E-state index in [4.69, 9.17) is 0 Å². The first kappa shape index (κ1) is 31.4. The Balaban J connectivity index is 1.91. The lowest BCUT2D eigenvalue weighted by Crippen LogP contribution is -2.59. The molecule has 0 aliphatic heterocycles. The summed E-state index contributed by atoms with van der Waals surface area (Å²) in [7, 11) is 0. The Kier molecular flexibility index (Phi) is 8.65. The number of alkyl halides is 9. The van der Waals surface area contributed by atoms with E-state index in [-0.39, 0.29) is 28.9 Å². The van der Waals surface area contributed by atoms with Gasteiger partial charge in [0.15, 0.2) is 0 Å². The largest absolute Gasteiger partial charge is 0.457 e. The quantitative estimate of drug-likeness (QED) is 0.252. The molecule has 0 radical (unpaired) electrons. The van der Waals surface area contributed by atoms with Crippen molar-refractivity contribution >= 4 is 55.0 Å². The van der Waals surface area contributed by atoms with Crippen molar-refractivity contribution in [2.45, 2.75) is 23.9 Å². The van der Waals surface area contributed by atoms with Crippen LogP contribution >= 0.6 is 31.9 Å². The van der Waals surface area contributed by atoms with E-state index in [0.717, 1.165) is 18.2 Å². The molecule has 40 heavy (non-hydrogen) atoms. The molecule has 1 atom stereocenters. The second-order valence-corrected chi connectivity index (χ2v) is 9.75. The van der Waals surface area contributed by atoms with Crippen LogP contribution in [0.4, 0.5) is 55.3 Å². The third-order valence-electron chi connectivity index (χ3n) is 5.33. The van der Waals surface area contributed by atoms with E-state index in [0.29, 0.717) is 0 Å². The Morgan fingerprint density at radius 3 is 1.65 bits per heavy atom. The Hall–Kier alpha value is -3.14. The molecule has 0 aliphatic carbocycles. The Morgan fingerprint density at radius 1 is 0.650 bits per heavy atom. The first-order chi connectivity index (χ1) is 18.3. The summed E-state index contributed by atoms with van der Waals surface area (Å²) in [5.41, 5.74) is -8.85. The molecule has 3 aromatic rings. The number of halogens is 12. The lowest BCUT2D eigenvalue weighted by atomic mass is 9.87. The molecule has 1 unspecified atom stereocenters. The number of benzene rings is 3. The summed E-state index contributed by atoms with van der Waals surface area (Å²) in [6, 6.07) is 9.84. The standard InChI is InChI=1S/C24H12Br2F10N2O2/c25-16-9-13(21(28,23(31,32)33)22(29,30)24(34,35)36)10-17(26)18(16)38-20(40)12-4-2-6-15(8-12)37-19(39)11-3-1-5-14(27)7-11/h1-10H,(H,37,39)(H,38,40). The summed E-state index contributed by atoms with van der Waals surface area (Å²) in [6.07, 6.45) is -13.6. The van der Waals surface area contributed by atoms with E-state index in [2.05, 4.69) is 42.5 Å². The van der Waals surface area contributed by atoms with Gasteiger partial charge in [-0.25, -0.2) is 8.78 Å². The van der Waals surface area contributed by atoms with E-state index in [1.165, 1.54) is 30.3 Å². The van der Waals surface area contributed by atoms with E-state index in [9.17, 15) is 53.5 Å². The number of carbonyl (C=O) groups excluding carboxylic acids is 2. The zero-order chi connectivity index (χ0) is 30.3. The zero-order valence-electron chi connectivity index (χ0n) is 19.1. The minimum Gasteiger partial charge on any atom is -0.322 e. The summed E-state index contributed by atoms with van der Waals surface area (Å²) < 4.78 is 133. The summed E-state index contributed by atoms with van der Waals surface area (Å²) >= 11 is 5.32. The van der Waals surface area contributed by atoms with Crippen LogP contribution in [-0.2, 0) is 5.67 Å². The molecule has 0 heterocycles. The van der Waals surface area contributed by atoms with Gasteiger partial charge >= 0.3 is 23.9 Å². The average molecular weight is 710 g/mol. The van der Waals surface area contributed by atoms with E-state index < -0.39 is 61.8 Å². The van der Waals surface area contributed by atoms with Crippen molar-refractivity contribution in [2.75, 3.05) is 10.6 Å². The van der Waals surface area contributed by atoms with Crippen LogP contribution < -0.4 is 10.6 Å². The third kappa shape index (κ3) is 5.96. The van der Waals surface area contributed by atoms with Gasteiger partial charge < -0.3 is 10.6 Å². The van der Waals surface area contributed by atoms with Crippen LogP contribution in [0.2, 0.25) is 0 Å². The van der Waals surface area contributed by atoms with Gasteiger partial charge in [0.2, 0.25) is 0 Å². The highest BCUT2D eigenvalue weighted by Gasteiger charge is 2.81. The smallest absolute Gasteiger partial charge is 0.322 e. The molecule has 0 saturated heterocycles. The molecule has 0 bridgehead atoms. The molecular weight excluding hydrogens is 698 g/mol. The molecule has 0 aromatic heterocycles. The maximum atomic E-state index is 14.8. The fourth-order valence-electron chi connectivity index (χ4n) is 3.37. The lowest BCUT2D eigenvalue weighted by Gasteiger charge is -2.36. The van der Waals surface area contributed by atoms with Gasteiger partial charge in [-0.3, -0.25) is 9.59 Å². The van der Waals surface area contributed by atoms with Gasteiger partial charge in [-0.05, 0) is 80.4 Å². The number of rotatable bonds is 6. The van der Waals surface area contributed by atoms with Crippen LogP contribution in [0.5, 0.6) is 0 Å². The lowest BCUT2D eigenvalue weighted by molar-refractivity contribution is -0.389. The summed E-state index contributed by atoms with van der Waals surface area (Å²) in [4.78, 5) is 25.1. The first-order valence-corrected chi connectivity index (χ1v) is 12.1. The first-order valence-electron chi connectivity index (χ1n) is 10.5. The van der Waals surface area contributed by atoms with E-state index in [1.54, 1.807) is 0 Å². The number of hydrogen-bond donors (Lipinski definition) is 2. The van der Waals surface area contributed by atoms with Crippen LogP contribution in [0.25, 0.3) is 0 Å².